The molecular formula is C17H23NO3. The Labute approximate surface area is 126 Å². The summed E-state index contributed by atoms with van der Waals surface area (Å²) in [6.07, 6.45) is 3.67. The zero-order valence-electron chi connectivity index (χ0n) is 12.5. The van der Waals surface area contributed by atoms with Crippen LogP contribution in [-0.2, 0) is 6.54 Å². The molecule has 0 aliphatic heterocycles. The fourth-order valence-electron chi connectivity index (χ4n) is 2.61. The number of hydrogen-bond donors (Lipinski definition) is 2. The number of rotatable bonds is 6. The first-order valence-corrected chi connectivity index (χ1v) is 7.40. The third-order valence-electron chi connectivity index (χ3n) is 3.94. The molecule has 114 valence electrons. The minimum atomic E-state index is -0.139. The molecule has 1 aliphatic rings. The van der Waals surface area contributed by atoms with Gasteiger partial charge < -0.3 is 14.9 Å². The molecule has 2 rings (SSSR count). The van der Waals surface area contributed by atoms with E-state index in [1.54, 1.807) is 7.11 Å². The van der Waals surface area contributed by atoms with Gasteiger partial charge in [0.15, 0.2) is 0 Å². The van der Waals surface area contributed by atoms with Crippen molar-refractivity contribution in [2.24, 2.45) is 0 Å². The van der Waals surface area contributed by atoms with Gasteiger partial charge in [-0.1, -0.05) is 18.3 Å². The molecule has 0 aromatic heterocycles. The van der Waals surface area contributed by atoms with Crippen LogP contribution in [0, 0.1) is 11.8 Å². The van der Waals surface area contributed by atoms with Crippen LogP contribution in [0.15, 0.2) is 18.2 Å². The van der Waals surface area contributed by atoms with E-state index in [9.17, 15) is 5.11 Å². The molecule has 0 unspecified atom stereocenters. The number of benzene rings is 1. The van der Waals surface area contributed by atoms with Crippen molar-refractivity contribution >= 4 is 0 Å². The average Bonchev–Trinajstić information content (AvgIpc) is 2.44. The minimum Gasteiger partial charge on any atom is -0.496 e. The maximum Gasteiger partial charge on any atom is 0.123 e. The molecule has 0 heterocycles. The van der Waals surface area contributed by atoms with E-state index in [0.29, 0.717) is 12.6 Å². The molecule has 1 aromatic rings. The van der Waals surface area contributed by atoms with E-state index in [2.05, 4.69) is 16.7 Å². The Morgan fingerprint density at radius 2 is 2.14 bits per heavy atom. The van der Waals surface area contributed by atoms with Gasteiger partial charge in [-0.25, -0.2) is 0 Å². The lowest BCUT2D eigenvalue weighted by Crippen LogP contribution is -2.41. The van der Waals surface area contributed by atoms with Gasteiger partial charge in [0.2, 0.25) is 0 Å². The fourth-order valence-corrected chi connectivity index (χ4v) is 2.61. The van der Waals surface area contributed by atoms with Gasteiger partial charge in [0, 0.05) is 30.3 Å². The third-order valence-corrected chi connectivity index (χ3v) is 3.94. The number of ether oxygens (including phenoxy) is 1. The lowest BCUT2D eigenvalue weighted by atomic mass is 9.91. The number of hydrogen-bond acceptors (Lipinski definition) is 4. The Hall–Kier alpha value is -1.54. The molecule has 4 heteroatoms. The van der Waals surface area contributed by atoms with E-state index >= 15 is 0 Å². The molecule has 0 spiro atoms. The minimum absolute atomic E-state index is 0.139. The van der Waals surface area contributed by atoms with Crippen LogP contribution in [0.4, 0.5) is 0 Å². The van der Waals surface area contributed by atoms with Gasteiger partial charge >= 0.3 is 0 Å². The Morgan fingerprint density at radius 3 is 2.71 bits per heavy atom. The van der Waals surface area contributed by atoms with E-state index in [0.717, 1.165) is 23.4 Å². The molecule has 1 aromatic carbocycles. The van der Waals surface area contributed by atoms with Crippen LogP contribution in [0.3, 0.4) is 0 Å². The van der Waals surface area contributed by atoms with Crippen molar-refractivity contribution in [3.8, 4) is 17.6 Å². The summed E-state index contributed by atoms with van der Waals surface area (Å²) in [5.41, 5.74) is 1.94. The molecule has 0 radical (unpaired) electrons. The summed E-state index contributed by atoms with van der Waals surface area (Å²) in [6, 6.07) is 6.37. The summed E-state index contributed by atoms with van der Waals surface area (Å²) in [5.74, 6) is 6.43. The van der Waals surface area contributed by atoms with Crippen LogP contribution in [0.25, 0.3) is 0 Å². The number of methoxy groups -OCH3 is 1. The molecule has 4 nitrogen and oxygen atoms in total. The zero-order chi connectivity index (χ0) is 15.1. The fraction of sp³-hybridized carbons (Fsp3) is 0.529. The Kier molecular flexibility index (Phi) is 6.06. The molecule has 0 saturated heterocycles. The van der Waals surface area contributed by atoms with Gasteiger partial charge in [-0.3, -0.25) is 4.90 Å². The molecule has 0 bridgehead atoms. The molecule has 1 fully saturated rings. The predicted molar refractivity (Wildman–Crippen MR) is 82.1 cm³/mol. The van der Waals surface area contributed by atoms with E-state index in [1.807, 2.05) is 18.2 Å². The first kappa shape index (κ1) is 15.8. The standard InChI is InChI=1S/C17H23NO3/c1-21-17-8-7-14(4-3-10-19)12-15(17)13-18(9-11-20)16-5-2-6-16/h7-8,12,16,19-20H,2,5-6,9-11,13H2,1H3. The Bertz CT molecular complexity index is 515. The van der Waals surface area contributed by atoms with Crippen molar-refractivity contribution in [3.63, 3.8) is 0 Å². The average molecular weight is 289 g/mol. The lowest BCUT2D eigenvalue weighted by Gasteiger charge is -2.37. The van der Waals surface area contributed by atoms with Crippen LogP contribution in [0.5, 0.6) is 5.75 Å². The van der Waals surface area contributed by atoms with Crippen molar-refractivity contribution in [2.45, 2.75) is 31.8 Å². The summed E-state index contributed by atoms with van der Waals surface area (Å²) >= 11 is 0. The number of nitrogens with zero attached hydrogens (tertiary/aromatic N) is 1. The first-order valence-electron chi connectivity index (χ1n) is 7.40. The SMILES string of the molecule is COc1ccc(C#CCO)cc1CN(CCO)C1CCC1. The van der Waals surface area contributed by atoms with Gasteiger partial charge in [-0.05, 0) is 31.0 Å². The monoisotopic (exact) mass is 289 g/mol. The van der Waals surface area contributed by atoms with Crippen LogP contribution in [0.2, 0.25) is 0 Å². The van der Waals surface area contributed by atoms with Crippen LogP contribution in [0.1, 0.15) is 30.4 Å². The maximum absolute atomic E-state index is 9.26. The molecule has 2 N–H and O–H groups in total. The highest BCUT2D eigenvalue weighted by Gasteiger charge is 2.25. The van der Waals surface area contributed by atoms with Gasteiger partial charge in [0.05, 0.1) is 13.7 Å². The summed E-state index contributed by atoms with van der Waals surface area (Å²) in [4.78, 5) is 2.31. The number of aliphatic hydroxyl groups excluding tert-OH is 2. The lowest BCUT2D eigenvalue weighted by molar-refractivity contribution is 0.0937. The van der Waals surface area contributed by atoms with Crippen molar-refractivity contribution in [3.05, 3.63) is 29.3 Å². The Morgan fingerprint density at radius 1 is 1.33 bits per heavy atom. The second kappa shape index (κ2) is 8.04. The molecule has 0 amide bonds. The molecule has 0 atom stereocenters. The second-order valence-corrected chi connectivity index (χ2v) is 5.27. The van der Waals surface area contributed by atoms with Gasteiger partial charge in [0.1, 0.15) is 12.4 Å². The van der Waals surface area contributed by atoms with Crippen LogP contribution in [-0.4, -0.2) is 48.0 Å². The van der Waals surface area contributed by atoms with Crippen LogP contribution >= 0.6 is 0 Å². The first-order chi connectivity index (χ1) is 10.3. The zero-order valence-corrected chi connectivity index (χ0v) is 12.5. The van der Waals surface area contributed by atoms with Crippen molar-refractivity contribution in [1.29, 1.82) is 0 Å². The normalized spacial score (nSPS) is 14.5. The van der Waals surface area contributed by atoms with Crippen LogP contribution < -0.4 is 4.74 Å². The van der Waals surface area contributed by atoms with Gasteiger partial charge in [0.25, 0.3) is 0 Å². The molecular weight excluding hydrogens is 266 g/mol. The van der Waals surface area contributed by atoms with Gasteiger partial charge in [-0.15, -0.1) is 0 Å². The van der Waals surface area contributed by atoms with E-state index in [-0.39, 0.29) is 13.2 Å². The van der Waals surface area contributed by atoms with E-state index < -0.39 is 0 Å². The topological polar surface area (TPSA) is 52.9 Å². The van der Waals surface area contributed by atoms with Crippen molar-refractivity contribution < 1.29 is 14.9 Å². The smallest absolute Gasteiger partial charge is 0.123 e. The molecule has 1 saturated carbocycles. The van der Waals surface area contributed by atoms with E-state index in [1.165, 1.54) is 19.3 Å². The predicted octanol–water partition coefficient (Wildman–Crippen LogP) is 1.39. The Balaban J connectivity index is 2.18. The quantitative estimate of drug-likeness (QED) is 0.777. The third kappa shape index (κ3) is 4.21. The summed E-state index contributed by atoms with van der Waals surface area (Å²) in [7, 11) is 1.66. The van der Waals surface area contributed by atoms with E-state index in [4.69, 9.17) is 9.84 Å². The van der Waals surface area contributed by atoms with Gasteiger partial charge in [-0.2, -0.15) is 0 Å². The second-order valence-electron chi connectivity index (χ2n) is 5.27. The summed E-state index contributed by atoms with van der Waals surface area (Å²) < 4.78 is 5.43. The highest BCUT2D eigenvalue weighted by molar-refractivity contribution is 5.44. The van der Waals surface area contributed by atoms with Crippen molar-refractivity contribution in [1.82, 2.24) is 4.90 Å². The highest BCUT2D eigenvalue weighted by atomic mass is 16.5. The highest BCUT2D eigenvalue weighted by Crippen LogP contribution is 2.28. The molecule has 21 heavy (non-hydrogen) atoms. The van der Waals surface area contributed by atoms with Crippen molar-refractivity contribution in [2.75, 3.05) is 26.9 Å². The summed E-state index contributed by atoms with van der Waals surface area (Å²) in [5, 5.41) is 18.0. The summed E-state index contributed by atoms with van der Waals surface area (Å²) in [6.45, 7) is 1.46. The molecule has 1 aliphatic carbocycles. The largest absolute Gasteiger partial charge is 0.496 e. The maximum atomic E-state index is 9.26. The number of aliphatic hydroxyl groups is 2.